The standard InChI is InChI=1S/C19H17N3O2S/c23-18(9-8-15-7-4-10-25-15)22-11-16(14-5-2-1-3-6-14)17(12-22)19-20-13-24-21-19/h1-10,13,16-17H,11-12H2/b9-8-/t16-,17+/m1/s1. The average Bonchev–Trinajstić information content (AvgIpc) is 3.41. The van der Waals surface area contributed by atoms with E-state index in [2.05, 4.69) is 22.3 Å². The molecule has 2 aromatic heterocycles. The molecule has 2 atom stereocenters. The summed E-state index contributed by atoms with van der Waals surface area (Å²) in [7, 11) is 0. The lowest BCUT2D eigenvalue weighted by molar-refractivity contribution is -0.125. The van der Waals surface area contributed by atoms with Crippen LogP contribution < -0.4 is 0 Å². The molecule has 0 radical (unpaired) electrons. The van der Waals surface area contributed by atoms with Crippen molar-refractivity contribution in [1.82, 2.24) is 15.0 Å². The number of likely N-dealkylation sites (tertiary alicyclic amines) is 1. The molecular weight excluding hydrogens is 334 g/mol. The molecule has 0 aliphatic carbocycles. The minimum atomic E-state index is 0.0142. The van der Waals surface area contributed by atoms with Crippen molar-refractivity contribution < 1.29 is 9.32 Å². The Morgan fingerprint density at radius 2 is 2.00 bits per heavy atom. The summed E-state index contributed by atoms with van der Waals surface area (Å²) >= 11 is 1.61. The predicted molar refractivity (Wildman–Crippen MR) is 96.2 cm³/mol. The van der Waals surface area contributed by atoms with Crippen molar-refractivity contribution in [2.45, 2.75) is 11.8 Å². The molecule has 1 fully saturated rings. The van der Waals surface area contributed by atoms with Crippen LogP contribution in [0.3, 0.4) is 0 Å². The van der Waals surface area contributed by atoms with E-state index in [1.807, 2.05) is 46.7 Å². The first-order valence-electron chi connectivity index (χ1n) is 8.13. The van der Waals surface area contributed by atoms with Gasteiger partial charge in [0.2, 0.25) is 12.3 Å². The number of rotatable bonds is 4. The Morgan fingerprint density at radius 3 is 2.72 bits per heavy atom. The van der Waals surface area contributed by atoms with Crippen molar-refractivity contribution in [3.05, 3.63) is 76.6 Å². The molecule has 0 N–H and O–H groups in total. The van der Waals surface area contributed by atoms with Crippen molar-refractivity contribution in [3.8, 4) is 0 Å². The van der Waals surface area contributed by atoms with Crippen LogP contribution >= 0.6 is 11.3 Å². The highest BCUT2D eigenvalue weighted by atomic mass is 32.1. The fourth-order valence-electron chi connectivity index (χ4n) is 3.27. The van der Waals surface area contributed by atoms with E-state index in [4.69, 9.17) is 4.52 Å². The van der Waals surface area contributed by atoms with Gasteiger partial charge < -0.3 is 9.42 Å². The van der Waals surface area contributed by atoms with Crippen LogP contribution in [0.25, 0.3) is 6.08 Å². The number of hydrogen-bond acceptors (Lipinski definition) is 5. The lowest BCUT2D eigenvalue weighted by Crippen LogP contribution is -2.27. The molecule has 1 saturated heterocycles. The Kier molecular flexibility index (Phi) is 4.43. The van der Waals surface area contributed by atoms with E-state index in [0.29, 0.717) is 18.9 Å². The van der Waals surface area contributed by atoms with Crippen molar-refractivity contribution in [3.63, 3.8) is 0 Å². The minimum absolute atomic E-state index is 0.0142. The number of benzene rings is 1. The van der Waals surface area contributed by atoms with Gasteiger partial charge in [0.25, 0.3) is 0 Å². The van der Waals surface area contributed by atoms with Crippen molar-refractivity contribution in [2.75, 3.05) is 13.1 Å². The average molecular weight is 351 g/mol. The van der Waals surface area contributed by atoms with Crippen LogP contribution in [-0.2, 0) is 4.79 Å². The molecule has 3 heterocycles. The largest absolute Gasteiger partial charge is 0.343 e. The summed E-state index contributed by atoms with van der Waals surface area (Å²) in [6.45, 7) is 1.24. The predicted octanol–water partition coefficient (Wildman–Crippen LogP) is 3.55. The zero-order chi connectivity index (χ0) is 17.1. The number of carbonyl (C=O) groups excluding carboxylic acids is 1. The van der Waals surface area contributed by atoms with Crippen LogP contribution in [0.5, 0.6) is 0 Å². The number of carbonyl (C=O) groups is 1. The Balaban J connectivity index is 1.56. The molecule has 6 heteroatoms. The number of nitrogens with zero attached hydrogens (tertiary/aromatic N) is 3. The SMILES string of the molecule is O=C(/C=C\c1cccs1)N1C[C@H](c2ccccc2)[C@@H](c2ncon2)C1. The highest BCUT2D eigenvalue weighted by Crippen LogP contribution is 2.38. The highest BCUT2D eigenvalue weighted by molar-refractivity contribution is 7.10. The number of amides is 1. The van der Waals surface area contributed by atoms with E-state index in [-0.39, 0.29) is 17.7 Å². The summed E-state index contributed by atoms with van der Waals surface area (Å²) in [5.74, 6) is 0.879. The molecule has 1 aromatic carbocycles. The second-order valence-electron chi connectivity index (χ2n) is 6.01. The number of thiophene rings is 1. The first-order chi connectivity index (χ1) is 12.3. The van der Waals surface area contributed by atoms with Gasteiger partial charge in [0.05, 0.1) is 0 Å². The van der Waals surface area contributed by atoms with E-state index < -0.39 is 0 Å². The van der Waals surface area contributed by atoms with Gasteiger partial charge >= 0.3 is 0 Å². The van der Waals surface area contributed by atoms with Crippen LogP contribution in [0.4, 0.5) is 0 Å². The van der Waals surface area contributed by atoms with Crippen LogP contribution in [-0.4, -0.2) is 34.0 Å². The molecule has 126 valence electrons. The molecule has 0 spiro atoms. The van der Waals surface area contributed by atoms with Gasteiger partial charge in [0, 0.05) is 35.9 Å². The van der Waals surface area contributed by atoms with Crippen molar-refractivity contribution in [2.24, 2.45) is 0 Å². The summed E-state index contributed by atoms with van der Waals surface area (Å²) in [5, 5.41) is 6.01. The molecule has 5 nitrogen and oxygen atoms in total. The smallest absolute Gasteiger partial charge is 0.246 e. The number of aromatic nitrogens is 2. The van der Waals surface area contributed by atoms with Gasteiger partial charge in [-0.25, -0.2) is 0 Å². The number of hydrogen-bond donors (Lipinski definition) is 0. The van der Waals surface area contributed by atoms with Crippen LogP contribution in [0.2, 0.25) is 0 Å². The van der Waals surface area contributed by atoms with E-state index in [1.165, 1.54) is 12.0 Å². The molecule has 0 unspecified atom stereocenters. The van der Waals surface area contributed by atoms with Gasteiger partial charge in [0.15, 0.2) is 5.82 Å². The Bertz CT molecular complexity index is 844. The summed E-state index contributed by atoms with van der Waals surface area (Å²) in [6, 6.07) is 14.2. The van der Waals surface area contributed by atoms with Gasteiger partial charge in [-0.1, -0.05) is 41.6 Å². The highest BCUT2D eigenvalue weighted by Gasteiger charge is 2.38. The van der Waals surface area contributed by atoms with E-state index in [1.54, 1.807) is 17.4 Å². The first-order valence-corrected chi connectivity index (χ1v) is 9.01. The van der Waals surface area contributed by atoms with Gasteiger partial charge in [-0.2, -0.15) is 4.98 Å². The molecule has 1 aliphatic rings. The molecule has 3 aromatic rings. The molecular formula is C19H17N3O2S. The van der Waals surface area contributed by atoms with Gasteiger partial charge in [0.1, 0.15) is 0 Å². The maximum absolute atomic E-state index is 12.6. The van der Waals surface area contributed by atoms with E-state index in [9.17, 15) is 4.79 Å². The third kappa shape index (κ3) is 3.39. The monoisotopic (exact) mass is 351 g/mol. The van der Waals surface area contributed by atoms with Crippen LogP contribution in [0, 0.1) is 0 Å². The third-order valence-corrected chi connectivity index (χ3v) is 5.34. The van der Waals surface area contributed by atoms with Crippen LogP contribution in [0.15, 0.2) is 64.8 Å². The lowest BCUT2D eigenvalue weighted by Gasteiger charge is -2.15. The van der Waals surface area contributed by atoms with Gasteiger partial charge in [-0.15, -0.1) is 11.3 Å². The second kappa shape index (κ2) is 7.03. The van der Waals surface area contributed by atoms with Crippen molar-refractivity contribution in [1.29, 1.82) is 0 Å². The van der Waals surface area contributed by atoms with Gasteiger partial charge in [-0.3, -0.25) is 4.79 Å². The molecule has 1 amide bonds. The topological polar surface area (TPSA) is 59.2 Å². The summed E-state index contributed by atoms with van der Waals surface area (Å²) < 4.78 is 4.93. The zero-order valence-corrected chi connectivity index (χ0v) is 14.3. The molecule has 4 rings (SSSR count). The zero-order valence-electron chi connectivity index (χ0n) is 13.5. The summed E-state index contributed by atoms with van der Waals surface area (Å²) in [5.41, 5.74) is 1.19. The Morgan fingerprint density at radius 1 is 1.16 bits per heavy atom. The maximum Gasteiger partial charge on any atom is 0.246 e. The second-order valence-corrected chi connectivity index (χ2v) is 6.98. The normalized spacial score (nSPS) is 20.4. The van der Waals surface area contributed by atoms with E-state index >= 15 is 0 Å². The molecule has 25 heavy (non-hydrogen) atoms. The molecule has 0 bridgehead atoms. The first kappa shape index (κ1) is 15.8. The van der Waals surface area contributed by atoms with E-state index in [0.717, 1.165) is 4.88 Å². The fourth-order valence-corrected chi connectivity index (χ4v) is 3.89. The molecule has 1 aliphatic heterocycles. The Labute approximate surface area is 149 Å². The fraction of sp³-hybridized carbons (Fsp3) is 0.211. The minimum Gasteiger partial charge on any atom is -0.343 e. The van der Waals surface area contributed by atoms with Gasteiger partial charge in [-0.05, 0) is 23.1 Å². The van der Waals surface area contributed by atoms with Crippen LogP contribution in [0.1, 0.15) is 28.1 Å². The third-order valence-electron chi connectivity index (χ3n) is 4.50. The lowest BCUT2D eigenvalue weighted by atomic mass is 9.88. The molecule has 0 saturated carbocycles. The maximum atomic E-state index is 12.6. The summed E-state index contributed by atoms with van der Waals surface area (Å²) in [4.78, 5) is 19.8. The quantitative estimate of drug-likeness (QED) is 0.675. The summed E-state index contributed by atoms with van der Waals surface area (Å²) in [6.07, 6.45) is 4.86. The Hall–Kier alpha value is -2.73. The van der Waals surface area contributed by atoms with Crippen molar-refractivity contribution >= 4 is 23.3 Å².